The molecule has 0 fully saturated rings. The molecule has 1 aromatic carbocycles. The van der Waals surface area contributed by atoms with Crippen LogP contribution in [0.25, 0.3) is 11.3 Å². The number of nitrogens with zero attached hydrogens (tertiary/aromatic N) is 2. The number of nitrogens with one attached hydrogen (secondary N) is 1. The first-order valence-electron chi connectivity index (χ1n) is 7.50. The molecule has 1 radical (unpaired) electrons. The molecular weight excluding hydrogens is 246 g/mol. The van der Waals surface area contributed by atoms with Crippen molar-refractivity contribution in [2.24, 2.45) is 0 Å². The highest BCUT2D eigenvalue weighted by atomic mass is 15.3. The highest BCUT2D eigenvalue weighted by Crippen LogP contribution is 2.14. The Morgan fingerprint density at radius 1 is 1.05 bits per heavy atom. The second-order valence-corrected chi connectivity index (χ2v) is 4.99. The Kier molecular flexibility index (Phi) is 8.36. The van der Waals surface area contributed by atoms with Crippen LogP contribution in [0.15, 0.2) is 30.5 Å². The lowest BCUT2D eigenvalue weighted by Gasteiger charge is -1.94. The Balaban J connectivity index is 0.000000221. The van der Waals surface area contributed by atoms with E-state index in [1.807, 2.05) is 12.1 Å². The highest BCUT2D eigenvalue weighted by Gasteiger charge is 1.97. The van der Waals surface area contributed by atoms with Crippen LogP contribution in [0, 0.1) is 13.8 Å². The van der Waals surface area contributed by atoms with Gasteiger partial charge in [-0.25, -0.2) is 0 Å². The maximum absolute atomic E-state index is 3.91. The number of benzene rings is 1. The maximum atomic E-state index is 3.91. The molecule has 2 aromatic rings. The van der Waals surface area contributed by atoms with Gasteiger partial charge >= 0.3 is 0 Å². The van der Waals surface area contributed by atoms with Crippen molar-refractivity contribution in [2.45, 2.75) is 52.4 Å². The van der Waals surface area contributed by atoms with Gasteiger partial charge in [-0.1, -0.05) is 87.4 Å². The van der Waals surface area contributed by atoms with Crippen LogP contribution in [-0.2, 0) is 0 Å². The molecule has 0 saturated heterocycles. The number of unbranched alkanes of at least 4 members (excludes halogenated alkanes) is 5. The molecule has 0 bridgehead atoms. The van der Waals surface area contributed by atoms with Crippen LogP contribution in [0.1, 0.15) is 51.0 Å². The molecule has 1 heterocycles. The third-order valence-corrected chi connectivity index (χ3v) is 3.12. The largest absolute Gasteiger partial charge is 0.265 e. The zero-order valence-electron chi connectivity index (χ0n) is 12.7. The average Bonchev–Trinajstić information content (AvgIpc) is 2.99. The van der Waals surface area contributed by atoms with Crippen molar-refractivity contribution in [3.05, 3.63) is 42.9 Å². The quantitative estimate of drug-likeness (QED) is 0.755. The van der Waals surface area contributed by atoms with Crippen LogP contribution in [0.2, 0.25) is 0 Å². The summed E-state index contributed by atoms with van der Waals surface area (Å²) in [7, 11) is 0. The van der Waals surface area contributed by atoms with Crippen molar-refractivity contribution in [1.29, 1.82) is 0 Å². The normalized spacial score (nSPS) is 9.95. The predicted octanol–water partition coefficient (Wildman–Crippen LogP) is 4.96. The molecule has 20 heavy (non-hydrogen) atoms. The predicted molar refractivity (Wildman–Crippen MR) is 85.3 cm³/mol. The Morgan fingerprint density at radius 3 is 2.30 bits per heavy atom. The van der Waals surface area contributed by atoms with Gasteiger partial charge in [0.15, 0.2) is 0 Å². The minimum absolute atomic E-state index is 0.884. The summed E-state index contributed by atoms with van der Waals surface area (Å²) in [5.41, 5.74) is 3.23. The summed E-state index contributed by atoms with van der Waals surface area (Å²) in [4.78, 5) is 0. The fourth-order valence-electron chi connectivity index (χ4n) is 1.85. The lowest BCUT2D eigenvalue weighted by Crippen LogP contribution is -1.77. The number of rotatable bonds is 6. The van der Waals surface area contributed by atoms with Gasteiger partial charge < -0.3 is 0 Å². The summed E-state index contributed by atoms with van der Waals surface area (Å²) in [6.07, 6.45) is 9.76. The van der Waals surface area contributed by atoms with Gasteiger partial charge in [0.1, 0.15) is 5.69 Å². The van der Waals surface area contributed by atoms with Crippen molar-refractivity contribution in [3.8, 4) is 11.3 Å². The van der Waals surface area contributed by atoms with E-state index in [1.165, 1.54) is 37.7 Å². The Labute approximate surface area is 122 Å². The van der Waals surface area contributed by atoms with E-state index in [1.54, 1.807) is 6.20 Å². The summed E-state index contributed by atoms with van der Waals surface area (Å²) >= 11 is 0. The van der Waals surface area contributed by atoms with Crippen molar-refractivity contribution in [1.82, 2.24) is 15.4 Å². The molecule has 0 aliphatic carbocycles. The number of hydrogen-bond acceptors (Lipinski definition) is 2. The van der Waals surface area contributed by atoms with Gasteiger partial charge in [-0.3, -0.25) is 5.10 Å². The van der Waals surface area contributed by atoms with Gasteiger partial charge in [0.05, 0.1) is 0 Å². The molecule has 109 valence electrons. The number of hydrogen-bond donors (Lipinski definition) is 1. The monoisotopic (exact) mass is 272 g/mol. The number of aromatic amines is 1. The van der Waals surface area contributed by atoms with Crippen molar-refractivity contribution in [2.75, 3.05) is 0 Å². The van der Waals surface area contributed by atoms with Crippen molar-refractivity contribution < 1.29 is 0 Å². The van der Waals surface area contributed by atoms with E-state index in [4.69, 9.17) is 0 Å². The van der Waals surface area contributed by atoms with Crippen molar-refractivity contribution >= 4 is 0 Å². The lowest BCUT2D eigenvalue weighted by atomic mass is 10.1. The second-order valence-electron chi connectivity index (χ2n) is 4.99. The highest BCUT2D eigenvalue weighted by molar-refractivity contribution is 5.57. The summed E-state index contributed by atoms with van der Waals surface area (Å²) in [6, 6.07) is 8.19. The molecule has 0 aliphatic rings. The molecule has 3 nitrogen and oxygen atoms in total. The summed E-state index contributed by atoms with van der Waals surface area (Å²) in [6.45, 7) is 8.09. The Hall–Kier alpha value is -1.64. The minimum Gasteiger partial charge on any atom is -0.265 e. The van der Waals surface area contributed by atoms with Gasteiger partial charge in [-0.05, 0) is 6.92 Å². The van der Waals surface area contributed by atoms with E-state index < -0.39 is 0 Å². The van der Waals surface area contributed by atoms with Crippen LogP contribution < -0.4 is 0 Å². The third kappa shape index (κ3) is 6.50. The maximum Gasteiger partial charge on any atom is 0.112 e. The van der Waals surface area contributed by atoms with E-state index in [2.05, 4.69) is 48.3 Å². The molecule has 0 spiro atoms. The molecule has 1 N–H and O–H groups in total. The van der Waals surface area contributed by atoms with Crippen LogP contribution in [0.5, 0.6) is 0 Å². The molecule has 0 atom stereocenters. The molecule has 2 rings (SSSR count). The Bertz CT molecular complexity index is 426. The molecule has 0 unspecified atom stereocenters. The van der Waals surface area contributed by atoms with Crippen LogP contribution in [0.3, 0.4) is 0 Å². The van der Waals surface area contributed by atoms with E-state index in [9.17, 15) is 0 Å². The Morgan fingerprint density at radius 2 is 1.75 bits per heavy atom. The fourth-order valence-corrected chi connectivity index (χ4v) is 1.85. The average molecular weight is 272 g/mol. The zero-order valence-corrected chi connectivity index (χ0v) is 12.7. The van der Waals surface area contributed by atoms with Gasteiger partial charge in [0.25, 0.3) is 0 Å². The topological polar surface area (TPSA) is 41.6 Å². The smallest absolute Gasteiger partial charge is 0.112 e. The van der Waals surface area contributed by atoms with Crippen LogP contribution in [0.4, 0.5) is 0 Å². The van der Waals surface area contributed by atoms with Crippen LogP contribution >= 0.6 is 0 Å². The van der Waals surface area contributed by atoms with Gasteiger partial charge in [0.2, 0.25) is 0 Å². The van der Waals surface area contributed by atoms with Gasteiger partial charge in [0, 0.05) is 11.8 Å². The molecule has 0 aliphatic heterocycles. The zero-order chi connectivity index (χ0) is 14.6. The molecule has 1 aromatic heterocycles. The summed E-state index contributed by atoms with van der Waals surface area (Å²) in [5.74, 6) is 0. The van der Waals surface area contributed by atoms with E-state index in [0.29, 0.717) is 0 Å². The van der Waals surface area contributed by atoms with Crippen LogP contribution in [-0.4, -0.2) is 15.4 Å². The third-order valence-electron chi connectivity index (χ3n) is 3.12. The first-order chi connectivity index (χ1) is 9.77. The minimum atomic E-state index is 0.884. The molecule has 0 saturated carbocycles. The lowest BCUT2D eigenvalue weighted by molar-refractivity contribution is 0.637. The fraction of sp³-hybridized carbons (Fsp3) is 0.471. The first-order valence-corrected chi connectivity index (χ1v) is 7.50. The SMILES string of the molecule is Cc1ccc(-c2c[nH]nn2)cc1.[CH2]CCCCCCC. The first kappa shape index (κ1) is 16.4. The van der Waals surface area contributed by atoms with Crippen molar-refractivity contribution in [3.63, 3.8) is 0 Å². The van der Waals surface area contributed by atoms with E-state index >= 15 is 0 Å². The second kappa shape index (κ2) is 10.2. The molecule has 3 heteroatoms. The molecular formula is C17H26N3. The van der Waals surface area contributed by atoms with E-state index in [0.717, 1.165) is 17.7 Å². The number of aryl methyl sites for hydroxylation is 1. The van der Waals surface area contributed by atoms with E-state index in [-0.39, 0.29) is 0 Å². The number of aromatic nitrogens is 3. The standard InChI is InChI=1S/C9H9N3.C8H17/c1-7-2-4-8(5-3-7)9-6-10-12-11-9;1-3-5-7-8-6-4-2/h2-6H,1H3,(H,10,11,12);1,3-8H2,2H3. The van der Waals surface area contributed by atoms with Gasteiger partial charge in [-0.15, -0.1) is 5.10 Å². The summed E-state index contributed by atoms with van der Waals surface area (Å²) < 4.78 is 0. The van der Waals surface area contributed by atoms with Gasteiger partial charge in [-0.2, -0.15) is 0 Å². The molecule has 0 amide bonds. The summed E-state index contributed by atoms with van der Waals surface area (Å²) in [5, 5.41) is 10.2. The number of H-pyrrole nitrogens is 1.